The van der Waals surface area contributed by atoms with Gasteiger partial charge in [0.15, 0.2) is 0 Å². The molecule has 3 rings (SSSR count). The van der Waals surface area contributed by atoms with E-state index in [1.807, 2.05) is 36.2 Å². The predicted molar refractivity (Wildman–Crippen MR) is 105 cm³/mol. The minimum absolute atomic E-state index is 0.132. The lowest BCUT2D eigenvalue weighted by Gasteiger charge is -2.48. The summed E-state index contributed by atoms with van der Waals surface area (Å²) in [6.07, 6.45) is 7.13. The van der Waals surface area contributed by atoms with Crippen LogP contribution in [-0.2, 0) is 16.0 Å². The van der Waals surface area contributed by atoms with Crippen LogP contribution in [0, 0.1) is 5.41 Å². The van der Waals surface area contributed by atoms with Crippen LogP contribution in [0.2, 0.25) is 0 Å². The average Bonchev–Trinajstić information content (AvgIpc) is 2.69. The Kier molecular flexibility index (Phi) is 6.83. The van der Waals surface area contributed by atoms with Crippen molar-refractivity contribution in [1.29, 1.82) is 0 Å². The molecule has 0 aromatic carbocycles. The van der Waals surface area contributed by atoms with Crippen LogP contribution in [0.4, 0.5) is 0 Å². The summed E-state index contributed by atoms with van der Waals surface area (Å²) in [4.78, 5) is 33.1. The summed E-state index contributed by atoms with van der Waals surface area (Å²) in [5, 5.41) is 2.88. The molecule has 2 aliphatic rings. The molecule has 6 nitrogen and oxygen atoms in total. The van der Waals surface area contributed by atoms with E-state index in [9.17, 15) is 9.59 Å². The van der Waals surface area contributed by atoms with E-state index in [1.54, 1.807) is 0 Å². The topological polar surface area (TPSA) is 65.5 Å². The first kappa shape index (κ1) is 19.8. The summed E-state index contributed by atoms with van der Waals surface area (Å²) in [7, 11) is 0. The molecule has 0 unspecified atom stereocenters. The molecule has 2 amide bonds. The van der Waals surface area contributed by atoms with Crippen molar-refractivity contribution in [2.75, 3.05) is 39.3 Å². The molecule has 1 aromatic heterocycles. The maximum absolute atomic E-state index is 12.4. The predicted octanol–water partition coefficient (Wildman–Crippen LogP) is 1.85. The second kappa shape index (κ2) is 9.31. The normalized spacial score (nSPS) is 23.6. The fourth-order valence-electron chi connectivity index (χ4n) is 4.48. The largest absolute Gasteiger partial charge is 0.356 e. The fraction of sp³-hybridized carbons (Fsp3) is 0.667. The van der Waals surface area contributed by atoms with Gasteiger partial charge in [-0.15, -0.1) is 0 Å². The van der Waals surface area contributed by atoms with Gasteiger partial charge in [-0.25, -0.2) is 0 Å². The van der Waals surface area contributed by atoms with Crippen LogP contribution in [0.25, 0.3) is 0 Å². The summed E-state index contributed by atoms with van der Waals surface area (Å²) in [6, 6.07) is 5.94. The third-order valence-corrected chi connectivity index (χ3v) is 5.88. The maximum atomic E-state index is 12.4. The Balaban J connectivity index is 1.54. The third kappa shape index (κ3) is 5.51. The van der Waals surface area contributed by atoms with Gasteiger partial charge in [-0.2, -0.15) is 0 Å². The summed E-state index contributed by atoms with van der Waals surface area (Å²) < 4.78 is 0. The minimum Gasteiger partial charge on any atom is -0.356 e. The average molecular weight is 373 g/mol. The van der Waals surface area contributed by atoms with Crippen molar-refractivity contribution >= 4 is 11.8 Å². The molecule has 6 heteroatoms. The van der Waals surface area contributed by atoms with E-state index >= 15 is 0 Å². The highest BCUT2D eigenvalue weighted by Crippen LogP contribution is 2.38. The molecule has 148 valence electrons. The lowest BCUT2D eigenvalue weighted by Crippen LogP contribution is -2.54. The molecule has 1 atom stereocenters. The number of carbonyl (C=O) groups excluding carboxylic acids is 2. The number of piperidine rings is 2. The van der Waals surface area contributed by atoms with E-state index in [1.165, 1.54) is 6.42 Å². The van der Waals surface area contributed by atoms with Crippen LogP contribution in [0.5, 0.6) is 0 Å². The highest BCUT2D eigenvalue weighted by Gasteiger charge is 2.41. The molecule has 27 heavy (non-hydrogen) atoms. The smallest absolute Gasteiger partial charge is 0.222 e. The maximum Gasteiger partial charge on any atom is 0.222 e. The molecule has 0 aliphatic carbocycles. The van der Waals surface area contributed by atoms with Crippen LogP contribution in [-0.4, -0.2) is 65.9 Å². The number of aromatic nitrogens is 1. The Labute approximate surface area is 162 Å². The van der Waals surface area contributed by atoms with Gasteiger partial charge in [0.05, 0.1) is 0 Å². The zero-order valence-corrected chi connectivity index (χ0v) is 16.5. The Bertz CT molecular complexity index is 636. The lowest BCUT2D eigenvalue weighted by molar-refractivity contribution is -0.139. The van der Waals surface area contributed by atoms with Crippen LogP contribution >= 0.6 is 0 Å². The van der Waals surface area contributed by atoms with E-state index in [0.29, 0.717) is 19.4 Å². The van der Waals surface area contributed by atoms with E-state index in [2.05, 4.69) is 15.2 Å². The lowest BCUT2D eigenvalue weighted by atomic mass is 9.73. The number of amides is 2. The molecule has 3 heterocycles. The quantitative estimate of drug-likeness (QED) is 0.793. The first-order chi connectivity index (χ1) is 13.1. The SMILES string of the molecule is CCNC(=O)CCN1CCC[C@@]2(CCC(=O)N(CCc3ccccn3)C2)C1. The molecule has 0 saturated carbocycles. The highest BCUT2D eigenvalue weighted by molar-refractivity contribution is 5.77. The van der Waals surface area contributed by atoms with Crippen LogP contribution in [0.1, 0.15) is 44.7 Å². The van der Waals surface area contributed by atoms with Crippen LogP contribution < -0.4 is 5.32 Å². The van der Waals surface area contributed by atoms with Crippen molar-refractivity contribution < 1.29 is 9.59 Å². The molecule has 2 fully saturated rings. The summed E-state index contributed by atoms with van der Waals surface area (Å²) in [5.74, 6) is 0.406. The molecule has 0 bridgehead atoms. The molecule has 2 saturated heterocycles. The molecule has 2 aliphatic heterocycles. The number of rotatable bonds is 7. The van der Waals surface area contributed by atoms with Gasteiger partial charge in [0.25, 0.3) is 0 Å². The first-order valence-electron chi connectivity index (χ1n) is 10.3. The molecular formula is C21H32N4O2. The van der Waals surface area contributed by atoms with Crippen molar-refractivity contribution in [2.45, 2.75) is 45.4 Å². The van der Waals surface area contributed by atoms with E-state index in [-0.39, 0.29) is 17.2 Å². The number of hydrogen-bond donors (Lipinski definition) is 1. The number of nitrogens with zero attached hydrogens (tertiary/aromatic N) is 3. The van der Waals surface area contributed by atoms with Crippen LogP contribution in [0.3, 0.4) is 0 Å². The number of hydrogen-bond acceptors (Lipinski definition) is 4. The molecule has 1 spiro atoms. The van der Waals surface area contributed by atoms with Gasteiger partial charge in [0, 0.05) is 69.3 Å². The first-order valence-corrected chi connectivity index (χ1v) is 10.3. The second-order valence-corrected chi connectivity index (χ2v) is 7.97. The molecule has 1 aromatic rings. The number of nitrogens with one attached hydrogen (secondary N) is 1. The van der Waals surface area contributed by atoms with Gasteiger partial charge in [0.2, 0.25) is 11.8 Å². The second-order valence-electron chi connectivity index (χ2n) is 7.97. The van der Waals surface area contributed by atoms with Gasteiger partial charge in [-0.3, -0.25) is 14.6 Å². The molecular weight excluding hydrogens is 340 g/mol. The van der Waals surface area contributed by atoms with Crippen LogP contribution in [0.15, 0.2) is 24.4 Å². The van der Waals surface area contributed by atoms with Crippen molar-refractivity contribution in [3.63, 3.8) is 0 Å². The van der Waals surface area contributed by atoms with Crippen molar-refractivity contribution in [3.05, 3.63) is 30.1 Å². The van der Waals surface area contributed by atoms with Gasteiger partial charge in [0.1, 0.15) is 0 Å². The number of likely N-dealkylation sites (tertiary alicyclic amines) is 2. The van der Waals surface area contributed by atoms with E-state index in [4.69, 9.17) is 0 Å². The molecule has 0 radical (unpaired) electrons. The zero-order valence-electron chi connectivity index (χ0n) is 16.5. The standard InChI is InChI=1S/C21H32N4O2/c1-2-22-19(26)9-14-24-13-5-10-21(16-24)11-7-20(27)25(17-21)15-8-18-6-3-4-12-23-18/h3-4,6,12H,2,5,7-11,13-17H2,1H3,(H,22,26)/t21-/m1/s1. The van der Waals surface area contributed by atoms with Crippen molar-refractivity contribution in [3.8, 4) is 0 Å². The Morgan fingerprint density at radius 1 is 1.26 bits per heavy atom. The minimum atomic E-state index is 0.132. The fourth-order valence-corrected chi connectivity index (χ4v) is 4.48. The Hall–Kier alpha value is -1.95. The third-order valence-electron chi connectivity index (χ3n) is 5.88. The van der Waals surface area contributed by atoms with E-state index in [0.717, 1.165) is 57.7 Å². The highest BCUT2D eigenvalue weighted by atomic mass is 16.2. The van der Waals surface area contributed by atoms with E-state index < -0.39 is 0 Å². The van der Waals surface area contributed by atoms with Gasteiger partial charge >= 0.3 is 0 Å². The summed E-state index contributed by atoms with van der Waals surface area (Å²) in [6.45, 7) is 7.10. The molecule has 1 N–H and O–H groups in total. The van der Waals surface area contributed by atoms with Crippen molar-refractivity contribution in [2.24, 2.45) is 5.41 Å². The van der Waals surface area contributed by atoms with Gasteiger partial charge in [-0.05, 0) is 44.9 Å². The Morgan fingerprint density at radius 2 is 2.15 bits per heavy atom. The summed E-state index contributed by atoms with van der Waals surface area (Å²) in [5.41, 5.74) is 1.23. The number of carbonyl (C=O) groups is 2. The summed E-state index contributed by atoms with van der Waals surface area (Å²) >= 11 is 0. The van der Waals surface area contributed by atoms with Gasteiger partial charge < -0.3 is 15.1 Å². The number of pyridine rings is 1. The zero-order chi connectivity index (χ0) is 19.1. The van der Waals surface area contributed by atoms with Gasteiger partial charge in [-0.1, -0.05) is 6.07 Å². The monoisotopic (exact) mass is 372 g/mol. The van der Waals surface area contributed by atoms with Crippen molar-refractivity contribution in [1.82, 2.24) is 20.1 Å². The Morgan fingerprint density at radius 3 is 2.93 bits per heavy atom.